The SMILES string of the molecule is CN1CCc2sc(SNC(=O)Nc3c(-c4cccnc4)ccc4c3CCC4)cc2C1. The van der Waals surface area contributed by atoms with Crippen LogP contribution in [0.1, 0.15) is 28.0 Å². The van der Waals surface area contributed by atoms with Gasteiger partial charge in [0.05, 0.1) is 9.90 Å². The molecule has 5 nitrogen and oxygen atoms in total. The van der Waals surface area contributed by atoms with Crippen molar-refractivity contribution in [3.63, 3.8) is 0 Å². The Morgan fingerprint density at radius 3 is 3.00 bits per heavy atom. The van der Waals surface area contributed by atoms with E-state index in [2.05, 4.69) is 45.2 Å². The van der Waals surface area contributed by atoms with Crippen LogP contribution < -0.4 is 10.0 Å². The van der Waals surface area contributed by atoms with Crippen LogP contribution in [0.2, 0.25) is 0 Å². The minimum Gasteiger partial charge on any atom is -0.306 e. The summed E-state index contributed by atoms with van der Waals surface area (Å²) in [6.45, 7) is 2.09. The third-order valence-electron chi connectivity index (χ3n) is 5.77. The Morgan fingerprint density at radius 1 is 1.20 bits per heavy atom. The number of benzene rings is 1. The topological polar surface area (TPSA) is 57.3 Å². The molecule has 7 heteroatoms. The molecule has 0 spiro atoms. The fourth-order valence-corrected chi connectivity index (χ4v) is 6.24. The highest BCUT2D eigenvalue weighted by Gasteiger charge is 2.21. The zero-order valence-electron chi connectivity index (χ0n) is 16.9. The standard InChI is InChI=1S/C23H24N4OS2/c1-27-11-9-20-17(14-27)12-21(29-20)30-26-23(28)25-22-18-6-2-4-15(18)7-8-19(22)16-5-3-10-24-13-16/h3,5,7-8,10,12-13H,2,4,6,9,11,14H2,1H3,(H2,25,26,28). The van der Waals surface area contributed by atoms with Crippen molar-refractivity contribution in [2.75, 3.05) is 18.9 Å². The number of amides is 2. The highest BCUT2D eigenvalue weighted by atomic mass is 32.2. The number of nitrogens with zero attached hydrogens (tertiary/aromatic N) is 2. The van der Waals surface area contributed by atoms with Gasteiger partial charge in [-0.2, -0.15) is 0 Å². The average molecular weight is 437 g/mol. The third-order valence-corrected chi connectivity index (χ3v) is 7.91. The zero-order valence-corrected chi connectivity index (χ0v) is 18.5. The van der Waals surface area contributed by atoms with E-state index in [1.165, 1.54) is 33.5 Å². The summed E-state index contributed by atoms with van der Waals surface area (Å²) >= 11 is 3.19. The second kappa shape index (κ2) is 8.41. The van der Waals surface area contributed by atoms with Gasteiger partial charge in [-0.1, -0.05) is 18.2 Å². The summed E-state index contributed by atoms with van der Waals surface area (Å²) in [5, 5.41) is 3.15. The monoisotopic (exact) mass is 436 g/mol. The molecule has 0 fully saturated rings. The Hall–Kier alpha value is -2.35. The van der Waals surface area contributed by atoms with Crippen molar-refractivity contribution in [2.45, 2.75) is 36.4 Å². The summed E-state index contributed by atoms with van der Waals surface area (Å²) in [7, 11) is 2.15. The van der Waals surface area contributed by atoms with Gasteiger partial charge in [-0.05, 0) is 73.5 Å². The van der Waals surface area contributed by atoms with Crippen LogP contribution in [0.25, 0.3) is 11.1 Å². The van der Waals surface area contributed by atoms with E-state index in [9.17, 15) is 4.79 Å². The number of pyridine rings is 1. The van der Waals surface area contributed by atoms with Crippen molar-refractivity contribution in [2.24, 2.45) is 0 Å². The summed E-state index contributed by atoms with van der Waals surface area (Å²) in [5.41, 5.74) is 6.94. The molecule has 5 rings (SSSR count). The molecule has 3 heterocycles. The van der Waals surface area contributed by atoms with Crippen LogP contribution in [0.5, 0.6) is 0 Å². The molecule has 2 amide bonds. The number of rotatable bonds is 4. The van der Waals surface area contributed by atoms with Gasteiger partial charge in [0, 0.05) is 41.5 Å². The van der Waals surface area contributed by atoms with E-state index in [1.54, 1.807) is 17.5 Å². The number of hydrogen-bond donors (Lipinski definition) is 2. The first-order valence-corrected chi connectivity index (χ1v) is 11.9. The molecular weight excluding hydrogens is 412 g/mol. The van der Waals surface area contributed by atoms with Gasteiger partial charge in [0.2, 0.25) is 0 Å². The molecule has 30 heavy (non-hydrogen) atoms. The number of carbonyl (C=O) groups is 1. The molecule has 154 valence electrons. The Kier molecular flexibility index (Phi) is 5.50. The lowest BCUT2D eigenvalue weighted by molar-refractivity contribution is 0.257. The predicted molar refractivity (Wildman–Crippen MR) is 124 cm³/mol. The lowest BCUT2D eigenvalue weighted by atomic mass is 9.98. The van der Waals surface area contributed by atoms with Gasteiger partial charge in [0.25, 0.3) is 0 Å². The van der Waals surface area contributed by atoms with Crippen LogP contribution in [0.3, 0.4) is 0 Å². The van der Waals surface area contributed by atoms with Crippen molar-refractivity contribution >= 4 is 35.0 Å². The van der Waals surface area contributed by atoms with E-state index in [0.717, 1.165) is 59.8 Å². The van der Waals surface area contributed by atoms with Crippen LogP contribution in [0.15, 0.2) is 46.9 Å². The number of carbonyl (C=O) groups excluding carboxylic acids is 1. The minimum atomic E-state index is -0.186. The maximum absolute atomic E-state index is 12.8. The van der Waals surface area contributed by atoms with Gasteiger partial charge in [0.15, 0.2) is 0 Å². The molecule has 2 aliphatic rings. The lowest BCUT2D eigenvalue weighted by Crippen LogP contribution is -2.25. The third kappa shape index (κ3) is 3.97. The normalized spacial score (nSPS) is 15.5. The van der Waals surface area contributed by atoms with Crippen LogP contribution in [0.4, 0.5) is 10.5 Å². The van der Waals surface area contributed by atoms with E-state index in [4.69, 9.17) is 0 Å². The Bertz CT molecular complexity index is 1080. The molecule has 0 radical (unpaired) electrons. The molecule has 1 aromatic carbocycles. The smallest absolute Gasteiger partial charge is 0.306 e. The molecule has 3 aromatic rings. The fourth-order valence-electron chi connectivity index (χ4n) is 4.30. The quantitative estimate of drug-likeness (QED) is 0.558. The van der Waals surface area contributed by atoms with Crippen molar-refractivity contribution in [1.29, 1.82) is 0 Å². The van der Waals surface area contributed by atoms with E-state index in [-0.39, 0.29) is 6.03 Å². The summed E-state index contributed by atoms with van der Waals surface area (Å²) in [5.74, 6) is 0. The van der Waals surface area contributed by atoms with Gasteiger partial charge in [-0.25, -0.2) is 4.79 Å². The van der Waals surface area contributed by atoms with E-state index in [0.29, 0.717) is 0 Å². The average Bonchev–Trinajstić information content (AvgIpc) is 3.39. The Balaban J connectivity index is 1.33. The molecule has 0 unspecified atom stereocenters. The maximum Gasteiger partial charge on any atom is 0.329 e. The molecule has 2 N–H and O–H groups in total. The molecule has 2 aromatic heterocycles. The van der Waals surface area contributed by atoms with Gasteiger partial charge in [0.1, 0.15) is 0 Å². The van der Waals surface area contributed by atoms with Gasteiger partial charge < -0.3 is 10.2 Å². The van der Waals surface area contributed by atoms with E-state index >= 15 is 0 Å². The first kappa shape index (κ1) is 19.6. The molecule has 1 aliphatic carbocycles. The summed E-state index contributed by atoms with van der Waals surface area (Å²) < 4.78 is 4.12. The highest BCUT2D eigenvalue weighted by molar-refractivity contribution is 7.99. The van der Waals surface area contributed by atoms with E-state index in [1.807, 2.05) is 18.3 Å². The molecule has 0 saturated carbocycles. The predicted octanol–water partition coefficient (Wildman–Crippen LogP) is 5.12. The summed E-state index contributed by atoms with van der Waals surface area (Å²) in [4.78, 5) is 20.8. The number of hydrogen-bond acceptors (Lipinski definition) is 5. The molecule has 0 bridgehead atoms. The van der Waals surface area contributed by atoms with Crippen molar-refractivity contribution < 1.29 is 4.79 Å². The van der Waals surface area contributed by atoms with Crippen LogP contribution in [-0.2, 0) is 25.8 Å². The van der Waals surface area contributed by atoms with E-state index < -0.39 is 0 Å². The van der Waals surface area contributed by atoms with Gasteiger partial charge >= 0.3 is 6.03 Å². The van der Waals surface area contributed by atoms with Gasteiger partial charge in [-0.15, -0.1) is 11.3 Å². The van der Waals surface area contributed by atoms with Crippen molar-refractivity contribution in [1.82, 2.24) is 14.6 Å². The van der Waals surface area contributed by atoms with Crippen LogP contribution in [-0.4, -0.2) is 29.5 Å². The van der Waals surface area contributed by atoms with Crippen LogP contribution >= 0.6 is 23.3 Å². The largest absolute Gasteiger partial charge is 0.329 e. The lowest BCUT2D eigenvalue weighted by Gasteiger charge is -2.21. The molecular formula is C23H24N4OS2. The molecule has 1 aliphatic heterocycles. The number of nitrogens with one attached hydrogen (secondary N) is 2. The van der Waals surface area contributed by atoms with Crippen molar-refractivity contribution in [3.05, 3.63) is 64.3 Å². The Morgan fingerprint density at radius 2 is 2.13 bits per heavy atom. The maximum atomic E-state index is 12.8. The molecule has 0 saturated heterocycles. The number of urea groups is 1. The first-order valence-electron chi connectivity index (χ1n) is 10.3. The number of thiophene rings is 1. The zero-order chi connectivity index (χ0) is 20.5. The summed E-state index contributed by atoms with van der Waals surface area (Å²) in [6, 6.07) is 10.3. The number of aromatic nitrogens is 1. The highest BCUT2D eigenvalue weighted by Crippen LogP contribution is 2.38. The number of aryl methyl sites for hydroxylation is 1. The summed E-state index contributed by atoms with van der Waals surface area (Å²) in [6.07, 6.45) is 7.91. The second-order valence-electron chi connectivity index (χ2n) is 7.88. The number of anilines is 1. The van der Waals surface area contributed by atoms with Crippen LogP contribution in [0, 0.1) is 0 Å². The number of likely N-dealkylation sites (N-methyl/N-ethyl adjacent to an activating group) is 1. The van der Waals surface area contributed by atoms with Gasteiger partial charge in [-0.3, -0.25) is 9.71 Å². The number of fused-ring (bicyclic) bond motifs is 2. The Labute approximate surface area is 185 Å². The molecule has 0 atom stereocenters. The second-order valence-corrected chi connectivity index (χ2v) is 10.1. The first-order chi connectivity index (χ1) is 14.7. The minimum absolute atomic E-state index is 0.186. The fraction of sp³-hybridized carbons (Fsp3) is 0.304. The van der Waals surface area contributed by atoms with Crippen molar-refractivity contribution in [3.8, 4) is 11.1 Å².